The highest BCUT2D eigenvalue weighted by Crippen LogP contribution is 2.27. The molecule has 0 nitrogen and oxygen atoms in total. The Kier molecular flexibility index (Phi) is 1.56. The summed E-state index contributed by atoms with van der Waals surface area (Å²) in [7, 11) is 0. The second-order valence-corrected chi connectivity index (χ2v) is 2.54. The highest BCUT2D eigenvalue weighted by atomic mass is 14.1. The predicted molar refractivity (Wildman–Crippen MR) is 41.3 cm³/mol. The number of rotatable bonds is 1. The van der Waals surface area contributed by atoms with E-state index in [4.69, 9.17) is 0 Å². The summed E-state index contributed by atoms with van der Waals surface area (Å²) in [5.41, 5.74) is 3.69. The van der Waals surface area contributed by atoms with Gasteiger partial charge in [0.2, 0.25) is 0 Å². The first-order valence-corrected chi connectivity index (χ1v) is 3.26. The van der Waals surface area contributed by atoms with Crippen molar-refractivity contribution in [2.75, 3.05) is 0 Å². The largest absolute Gasteiger partial charge is 0.0955 e. The smallest absolute Gasteiger partial charge is 0.0244 e. The summed E-state index contributed by atoms with van der Waals surface area (Å²) in [5, 5.41) is 0. The third kappa shape index (κ3) is 1.13. The fraction of sp³-hybridized carbons (Fsp3) is 0.333. The molecular formula is C9H12. The lowest BCUT2D eigenvalue weighted by atomic mass is 10.1. The topological polar surface area (TPSA) is 0 Å². The van der Waals surface area contributed by atoms with Crippen LogP contribution in [0.25, 0.3) is 0 Å². The first-order chi connectivity index (χ1) is 4.22. The molecule has 1 aliphatic carbocycles. The van der Waals surface area contributed by atoms with Crippen molar-refractivity contribution in [3.05, 3.63) is 36.0 Å². The molecular weight excluding hydrogens is 108 g/mol. The van der Waals surface area contributed by atoms with E-state index in [2.05, 4.69) is 19.2 Å². The standard InChI is InChI=1S/C9H12/c1-7(2)9-6-4-5-8(9)3/h6H,1,3-5H2,2H3. The second kappa shape index (κ2) is 2.22. The normalized spacial score (nSPS) is 17.9. The molecule has 0 radical (unpaired) electrons. The highest BCUT2D eigenvalue weighted by molar-refractivity contribution is 5.46. The molecule has 0 unspecified atom stereocenters. The lowest BCUT2D eigenvalue weighted by Gasteiger charge is -1.99. The van der Waals surface area contributed by atoms with Gasteiger partial charge in [0.1, 0.15) is 0 Å². The van der Waals surface area contributed by atoms with Crippen molar-refractivity contribution in [2.24, 2.45) is 0 Å². The average Bonchev–Trinajstić information content (AvgIpc) is 2.13. The van der Waals surface area contributed by atoms with Gasteiger partial charge in [-0.05, 0) is 30.9 Å². The van der Waals surface area contributed by atoms with E-state index in [0.717, 1.165) is 18.4 Å². The maximum absolute atomic E-state index is 3.93. The average molecular weight is 120 g/mol. The van der Waals surface area contributed by atoms with Crippen molar-refractivity contribution < 1.29 is 0 Å². The SMILES string of the molecule is C=C(C)C1=CCCC1=C. The van der Waals surface area contributed by atoms with Crippen molar-refractivity contribution in [1.82, 2.24) is 0 Å². The van der Waals surface area contributed by atoms with Crippen LogP contribution in [0.4, 0.5) is 0 Å². The minimum Gasteiger partial charge on any atom is -0.0955 e. The molecule has 0 heteroatoms. The molecule has 0 saturated heterocycles. The van der Waals surface area contributed by atoms with Crippen LogP contribution in [-0.4, -0.2) is 0 Å². The lowest BCUT2D eigenvalue weighted by molar-refractivity contribution is 1.06. The molecule has 0 atom stereocenters. The quantitative estimate of drug-likeness (QED) is 0.499. The van der Waals surface area contributed by atoms with E-state index in [-0.39, 0.29) is 0 Å². The van der Waals surface area contributed by atoms with Crippen molar-refractivity contribution in [2.45, 2.75) is 19.8 Å². The summed E-state index contributed by atoms with van der Waals surface area (Å²) in [5.74, 6) is 0. The van der Waals surface area contributed by atoms with Gasteiger partial charge in [0.15, 0.2) is 0 Å². The maximum Gasteiger partial charge on any atom is -0.0244 e. The Morgan fingerprint density at radius 2 is 2.33 bits per heavy atom. The molecule has 9 heavy (non-hydrogen) atoms. The Morgan fingerprint density at radius 1 is 1.67 bits per heavy atom. The van der Waals surface area contributed by atoms with Crippen molar-refractivity contribution in [3.8, 4) is 0 Å². The van der Waals surface area contributed by atoms with Crippen molar-refractivity contribution in [1.29, 1.82) is 0 Å². The van der Waals surface area contributed by atoms with Gasteiger partial charge in [-0.15, -0.1) is 0 Å². The van der Waals surface area contributed by atoms with Crippen molar-refractivity contribution in [3.63, 3.8) is 0 Å². The number of hydrogen-bond donors (Lipinski definition) is 0. The zero-order chi connectivity index (χ0) is 6.85. The molecule has 0 spiro atoms. The molecule has 0 fully saturated rings. The molecule has 0 heterocycles. The van der Waals surface area contributed by atoms with Gasteiger partial charge in [0.25, 0.3) is 0 Å². The van der Waals surface area contributed by atoms with E-state index in [9.17, 15) is 0 Å². The molecule has 0 aromatic heterocycles. The van der Waals surface area contributed by atoms with Gasteiger partial charge in [0, 0.05) is 0 Å². The Labute approximate surface area is 56.6 Å². The maximum atomic E-state index is 3.93. The molecule has 0 amide bonds. The fourth-order valence-corrected chi connectivity index (χ4v) is 1.15. The Morgan fingerprint density at radius 3 is 2.56 bits per heavy atom. The van der Waals surface area contributed by atoms with Gasteiger partial charge in [-0.3, -0.25) is 0 Å². The third-order valence-corrected chi connectivity index (χ3v) is 1.64. The van der Waals surface area contributed by atoms with E-state index in [1.165, 1.54) is 11.1 Å². The van der Waals surface area contributed by atoms with E-state index >= 15 is 0 Å². The summed E-state index contributed by atoms with van der Waals surface area (Å²) in [6, 6.07) is 0. The summed E-state index contributed by atoms with van der Waals surface area (Å²) >= 11 is 0. The molecule has 1 rings (SSSR count). The van der Waals surface area contributed by atoms with Gasteiger partial charge in [-0.1, -0.05) is 24.8 Å². The Bertz CT molecular complexity index is 182. The van der Waals surface area contributed by atoms with Crippen LogP contribution in [0.3, 0.4) is 0 Å². The molecule has 0 aromatic rings. The van der Waals surface area contributed by atoms with Crippen LogP contribution in [0.1, 0.15) is 19.8 Å². The Hall–Kier alpha value is -0.780. The molecule has 0 aliphatic heterocycles. The number of hydrogen-bond acceptors (Lipinski definition) is 0. The van der Waals surface area contributed by atoms with Crippen LogP contribution in [0.5, 0.6) is 0 Å². The monoisotopic (exact) mass is 120 g/mol. The molecule has 48 valence electrons. The fourth-order valence-electron chi connectivity index (χ4n) is 1.15. The first kappa shape index (κ1) is 6.34. The molecule has 0 bridgehead atoms. The minimum atomic E-state index is 1.13. The summed E-state index contributed by atoms with van der Waals surface area (Å²) in [4.78, 5) is 0. The summed E-state index contributed by atoms with van der Waals surface area (Å²) < 4.78 is 0. The molecule has 0 saturated carbocycles. The molecule has 1 aliphatic rings. The third-order valence-electron chi connectivity index (χ3n) is 1.64. The van der Waals surface area contributed by atoms with Crippen molar-refractivity contribution >= 4 is 0 Å². The van der Waals surface area contributed by atoms with E-state index in [1.54, 1.807) is 0 Å². The lowest BCUT2D eigenvalue weighted by Crippen LogP contribution is -1.80. The highest BCUT2D eigenvalue weighted by Gasteiger charge is 2.08. The van der Waals surface area contributed by atoms with Crippen LogP contribution in [-0.2, 0) is 0 Å². The van der Waals surface area contributed by atoms with E-state index < -0.39 is 0 Å². The second-order valence-electron chi connectivity index (χ2n) is 2.54. The van der Waals surface area contributed by atoms with Crippen LogP contribution < -0.4 is 0 Å². The zero-order valence-corrected chi connectivity index (χ0v) is 5.91. The first-order valence-electron chi connectivity index (χ1n) is 3.26. The number of allylic oxidation sites excluding steroid dienone is 4. The summed E-state index contributed by atoms with van der Waals surface area (Å²) in [6.45, 7) is 9.82. The van der Waals surface area contributed by atoms with E-state index in [0.29, 0.717) is 0 Å². The molecule has 0 N–H and O–H groups in total. The van der Waals surface area contributed by atoms with Gasteiger partial charge in [0.05, 0.1) is 0 Å². The Balaban J connectivity index is 2.80. The van der Waals surface area contributed by atoms with E-state index in [1.807, 2.05) is 6.92 Å². The minimum absolute atomic E-state index is 1.13. The summed E-state index contributed by atoms with van der Waals surface area (Å²) in [6.07, 6.45) is 4.49. The predicted octanol–water partition coefficient (Wildman–Crippen LogP) is 2.84. The van der Waals surface area contributed by atoms with Gasteiger partial charge in [-0.25, -0.2) is 0 Å². The van der Waals surface area contributed by atoms with Gasteiger partial charge >= 0.3 is 0 Å². The zero-order valence-electron chi connectivity index (χ0n) is 5.91. The van der Waals surface area contributed by atoms with Gasteiger partial charge < -0.3 is 0 Å². The van der Waals surface area contributed by atoms with Crippen LogP contribution in [0.15, 0.2) is 36.0 Å². The van der Waals surface area contributed by atoms with Crippen LogP contribution in [0.2, 0.25) is 0 Å². The van der Waals surface area contributed by atoms with Gasteiger partial charge in [-0.2, -0.15) is 0 Å². The van der Waals surface area contributed by atoms with Crippen LogP contribution >= 0.6 is 0 Å². The van der Waals surface area contributed by atoms with Crippen LogP contribution in [0, 0.1) is 0 Å². The molecule has 0 aromatic carbocycles.